The van der Waals surface area contributed by atoms with Crippen LogP contribution in [0.5, 0.6) is 0 Å². The van der Waals surface area contributed by atoms with Crippen LogP contribution in [0.2, 0.25) is 0 Å². The van der Waals surface area contributed by atoms with Gasteiger partial charge in [-0.05, 0) is 25.7 Å². The van der Waals surface area contributed by atoms with Crippen molar-refractivity contribution in [3.8, 4) is 0 Å². The zero-order valence-electron chi connectivity index (χ0n) is 12.0. The van der Waals surface area contributed by atoms with E-state index in [2.05, 4.69) is 0 Å². The summed E-state index contributed by atoms with van der Waals surface area (Å²) in [6.45, 7) is 2.90. The van der Waals surface area contributed by atoms with Crippen molar-refractivity contribution in [3.63, 3.8) is 0 Å². The van der Waals surface area contributed by atoms with Crippen LogP contribution in [0.15, 0.2) is 0 Å². The highest BCUT2D eigenvalue weighted by Gasteiger charge is 2.46. The molecule has 2 atom stereocenters. The molecule has 0 bridgehead atoms. The molecule has 2 heterocycles. The number of fused-ring (bicyclic) bond motifs is 1. The molecule has 0 N–H and O–H groups in total. The van der Waals surface area contributed by atoms with Crippen LogP contribution in [0, 0.1) is 0 Å². The second kappa shape index (κ2) is 5.71. The molecule has 2 fully saturated rings. The molecule has 0 saturated carbocycles. The maximum atomic E-state index is 12.5. The van der Waals surface area contributed by atoms with Crippen LogP contribution in [0.25, 0.3) is 0 Å². The standard InChI is InChI=1S/C13H22N2O4S/c1-3-10-12(16)15-7-4-6-11(15)13(17)14(10)8-5-9-20(2,18)19/h10-11H,3-9H2,1-2H3. The van der Waals surface area contributed by atoms with Gasteiger partial charge in [-0.2, -0.15) is 0 Å². The van der Waals surface area contributed by atoms with Crippen LogP contribution < -0.4 is 0 Å². The van der Waals surface area contributed by atoms with Crippen LogP contribution in [-0.2, 0) is 19.4 Å². The number of piperazine rings is 1. The third-order valence-corrected chi connectivity index (χ3v) is 5.10. The summed E-state index contributed by atoms with van der Waals surface area (Å²) >= 11 is 0. The molecular weight excluding hydrogens is 280 g/mol. The predicted octanol–water partition coefficient (Wildman–Crippen LogP) is 0.0329. The van der Waals surface area contributed by atoms with Crippen LogP contribution in [0.3, 0.4) is 0 Å². The van der Waals surface area contributed by atoms with E-state index in [4.69, 9.17) is 0 Å². The number of hydrogen-bond acceptors (Lipinski definition) is 4. The highest BCUT2D eigenvalue weighted by atomic mass is 32.2. The Kier molecular flexibility index (Phi) is 4.36. The molecule has 2 amide bonds. The molecule has 20 heavy (non-hydrogen) atoms. The monoisotopic (exact) mass is 302 g/mol. The summed E-state index contributed by atoms with van der Waals surface area (Å²) in [5.74, 6) is 0.0619. The zero-order chi connectivity index (χ0) is 14.9. The lowest BCUT2D eigenvalue weighted by atomic mass is 10.0. The van der Waals surface area contributed by atoms with Gasteiger partial charge in [0.2, 0.25) is 11.8 Å². The molecule has 0 aromatic carbocycles. The van der Waals surface area contributed by atoms with Crippen molar-refractivity contribution in [2.24, 2.45) is 0 Å². The van der Waals surface area contributed by atoms with Crippen LogP contribution in [-0.4, -0.2) is 67.2 Å². The Morgan fingerprint density at radius 1 is 1.25 bits per heavy atom. The molecular formula is C13H22N2O4S. The molecule has 0 radical (unpaired) electrons. The lowest BCUT2D eigenvalue weighted by Gasteiger charge is -2.42. The average Bonchev–Trinajstić information content (AvgIpc) is 2.83. The molecule has 0 aromatic heterocycles. The summed E-state index contributed by atoms with van der Waals surface area (Å²) in [6, 6.07) is -0.736. The molecule has 6 nitrogen and oxygen atoms in total. The van der Waals surface area contributed by atoms with Gasteiger partial charge in [0, 0.05) is 19.3 Å². The van der Waals surface area contributed by atoms with E-state index >= 15 is 0 Å². The second-order valence-electron chi connectivity index (χ2n) is 5.63. The highest BCUT2D eigenvalue weighted by molar-refractivity contribution is 7.90. The molecule has 114 valence electrons. The number of hydrogen-bond donors (Lipinski definition) is 0. The summed E-state index contributed by atoms with van der Waals surface area (Å²) in [4.78, 5) is 28.1. The third kappa shape index (κ3) is 2.97. The molecule has 7 heteroatoms. The number of amides is 2. The minimum Gasteiger partial charge on any atom is -0.329 e. The maximum absolute atomic E-state index is 12.5. The molecule has 2 aliphatic heterocycles. The first-order valence-electron chi connectivity index (χ1n) is 7.14. The summed E-state index contributed by atoms with van der Waals surface area (Å²) in [5, 5.41) is 0. The number of carbonyl (C=O) groups is 2. The van der Waals surface area contributed by atoms with Crippen molar-refractivity contribution >= 4 is 21.7 Å². The van der Waals surface area contributed by atoms with Crippen molar-refractivity contribution in [1.29, 1.82) is 0 Å². The number of carbonyl (C=O) groups excluding carboxylic acids is 2. The van der Waals surface area contributed by atoms with E-state index in [0.29, 0.717) is 25.9 Å². The van der Waals surface area contributed by atoms with Gasteiger partial charge >= 0.3 is 0 Å². The SMILES string of the molecule is CCC1C(=O)N2CCCC2C(=O)N1CCCS(C)(=O)=O. The van der Waals surface area contributed by atoms with Gasteiger partial charge in [-0.1, -0.05) is 6.92 Å². The highest BCUT2D eigenvalue weighted by Crippen LogP contribution is 2.28. The number of rotatable bonds is 5. The Labute approximate surface area is 120 Å². The number of sulfone groups is 1. The zero-order valence-corrected chi connectivity index (χ0v) is 12.9. The Balaban J connectivity index is 2.08. The first-order valence-corrected chi connectivity index (χ1v) is 9.20. The molecule has 2 rings (SSSR count). The van der Waals surface area contributed by atoms with Gasteiger partial charge in [0.25, 0.3) is 0 Å². The van der Waals surface area contributed by atoms with Gasteiger partial charge in [0.05, 0.1) is 5.75 Å². The lowest BCUT2D eigenvalue weighted by Crippen LogP contribution is -2.62. The largest absolute Gasteiger partial charge is 0.329 e. The fraction of sp³-hybridized carbons (Fsp3) is 0.846. The lowest BCUT2D eigenvalue weighted by molar-refractivity contribution is -0.159. The van der Waals surface area contributed by atoms with Gasteiger partial charge in [0.15, 0.2) is 0 Å². The number of nitrogens with zero attached hydrogens (tertiary/aromatic N) is 2. The summed E-state index contributed by atoms with van der Waals surface area (Å²) < 4.78 is 22.3. The van der Waals surface area contributed by atoms with Crippen molar-refractivity contribution in [2.45, 2.75) is 44.7 Å². The van der Waals surface area contributed by atoms with E-state index in [9.17, 15) is 18.0 Å². The van der Waals surface area contributed by atoms with E-state index in [-0.39, 0.29) is 23.6 Å². The molecule has 2 unspecified atom stereocenters. The Morgan fingerprint density at radius 3 is 2.55 bits per heavy atom. The van der Waals surface area contributed by atoms with Crippen molar-refractivity contribution in [3.05, 3.63) is 0 Å². The van der Waals surface area contributed by atoms with Gasteiger partial charge in [-0.3, -0.25) is 9.59 Å². The normalized spacial score (nSPS) is 27.1. The van der Waals surface area contributed by atoms with Gasteiger partial charge in [-0.15, -0.1) is 0 Å². The van der Waals surface area contributed by atoms with Crippen molar-refractivity contribution < 1.29 is 18.0 Å². The molecule has 0 aliphatic carbocycles. The maximum Gasteiger partial charge on any atom is 0.246 e. The Bertz CT molecular complexity index is 503. The van der Waals surface area contributed by atoms with Gasteiger partial charge in [-0.25, -0.2) is 8.42 Å². The fourth-order valence-electron chi connectivity index (χ4n) is 3.12. The average molecular weight is 302 g/mol. The summed E-state index contributed by atoms with van der Waals surface area (Å²) in [7, 11) is -3.03. The quantitative estimate of drug-likeness (QED) is 0.718. The Hall–Kier alpha value is -1.11. The smallest absolute Gasteiger partial charge is 0.246 e. The summed E-state index contributed by atoms with van der Waals surface area (Å²) in [5.41, 5.74) is 0. The van der Waals surface area contributed by atoms with Gasteiger partial charge in [0.1, 0.15) is 21.9 Å². The topological polar surface area (TPSA) is 74.8 Å². The van der Waals surface area contributed by atoms with E-state index in [1.807, 2.05) is 6.92 Å². The van der Waals surface area contributed by atoms with Crippen molar-refractivity contribution in [1.82, 2.24) is 9.80 Å². The first kappa shape index (κ1) is 15.3. The van der Waals surface area contributed by atoms with E-state index in [1.54, 1.807) is 9.80 Å². The first-order chi connectivity index (χ1) is 9.35. The van der Waals surface area contributed by atoms with Crippen LogP contribution >= 0.6 is 0 Å². The summed E-state index contributed by atoms with van der Waals surface area (Å²) in [6.07, 6.45) is 3.75. The fourth-order valence-corrected chi connectivity index (χ4v) is 3.77. The molecule has 2 aliphatic rings. The van der Waals surface area contributed by atoms with E-state index in [1.165, 1.54) is 6.26 Å². The minimum atomic E-state index is -3.03. The van der Waals surface area contributed by atoms with Crippen LogP contribution in [0.4, 0.5) is 0 Å². The molecule has 0 spiro atoms. The second-order valence-corrected chi connectivity index (χ2v) is 7.89. The van der Waals surface area contributed by atoms with Gasteiger partial charge < -0.3 is 9.80 Å². The Morgan fingerprint density at radius 2 is 1.95 bits per heavy atom. The van der Waals surface area contributed by atoms with E-state index < -0.39 is 15.9 Å². The molecule has 0 aromatic rings. The van der Waals surface area contributed by atoms with E-state index in [0.717, 1.165) is 12.8 Å². The predicted molar refractivity (Wildman–Crippen MR) is 74.9 cm³/mol. The minimum absolute atomic E-state index is 0.0116. The third-order valence-electron chi connectivity index (χ3n) is 4.07. The van der Waals surface area contributed by atoms with Crippen LogP contribution in [0.1, 0.15) is 32.6 Å². The van der Waals surface area contributed by atoms with Crippen molar-refractivity contribution in [2.75, 3.05) is 25.1 Å². The molecule has 2 saturated heterocycles.